The van der Waals surface area contributed by atoms with E-state index < -0.39 is 11.8 Å². The molecule has 0 aliphatic rings. The van der Waals surface area contributed by atoms with E-state index in [-0.39, 0.29) is 10.7 Å². The number of anilines is 2. The number of aromatic carboxylic acids is 1. The Kier molecular flexibility index (Phi) is 3.26. The Labute approximate surface area is 105 Å². The fraction of sp³-hybridized carbons (Fsp3) is 0. The van der Waals surface area contributed by atoms with Crippen molar-refractivity contribution in [3.63, 3.8) is 0 Å². The van der Waals surface area contributed by atoms with Crippen LogP contribution in [0, 0.1) is 5.82 Å². The van der Waals surface area contributed by atoms with Crippen LogP contribution in [0.1, 0.15) is 10.5 Å². The highest BCUT2D eigenvalue weighted by atomic mass is 35.5. The van der Waals surface area contributed by atoms with Crippen LogP contribution in [0.15, 0.2) is 23.7 Å². The van der Waals surface area contributed by atoms with Gasteiger partial charge < -0.3 is 10.4 Å². The number of hydrogen-bond acceptors (Lipinski definition) is 4. The molecule has 7 heteroatoms. The fourth-order valence-electron chi connectivity index (χ4n) is 1.20. The predicted molar refractivity (Wildman–Crippen MR) is 63.8 cm³/mol. The summed E-state index contributed by atoms with van der Waals surface area (Å²) in [4.78, 5) is 14.5. The van der Waals surface area contributed by atoms with E-state index in [1.165, 1.54) is 17.6 Å². The molecule has 0 unspecified atom stereocenters. The van der Waals surface area contributed by atoms with E-state index in [0.717, 1.165) is 17.4 Å². The van der Waals surface area contributed by atoms with Crippen LogP contribution in [0.4, 0.5) is 15.1 Å². The summed E-state index contributed by atoms with van der Waals surface area (Å²) in [7, 11) is 0. The summed E-state index contributed by atoms with van der Waals surface area (Å²) in [6, 6.07) is 3.81. The molecular weight excluding hydrogens is 267 g/mol. The number of rotatable bonds is 3. The molecule has 1 heterocycles. The molecule has 0 saturated heterocycles. The van der Waals surface area contributed by atoms with Crippen LogP contribution < -0.4 is 5.32 Å². The number of halogens is 2. The van der Waals surface area contributed by atoms with Crippen molar-refractivity contribution in [2.45, 2.75) is 0 Å². The van der Waals surface area contributed by atoms with E-state index in [4.69, 9.17) is 16.7 Å². The van der Waals surface area contributed by atoms with Gasteiger partial charge in [0, 0.05) is 0 Å². The second kappa shape index (κ2) is 4.68. The van der Waals surface area contributed by atoms with Crippen LogP contribution in [0.3, 0.4) is 0 Å². The van der Waals surface area contributed by atoms with Crippen molar-refractivity contribution in [2.75, 3.05) is 5.32 Å². The van der Waals surface area contributed by atoms with E-state index in [0.29, 0.717) is 10.7 Å². The third-order valence-corrected chi connectivity index (χ3v) is 3.00. The van der Waals surface area contributed by atoms with Gasteiger partial charge in [-0.05, 0) is 18.2 Å². The Balaban J connectivity index is 2.31. The number of nitrogens with one attached hydrogen (secondary N) is 1. The van der Waals surface area contributed by atoms with Crippen LogP contribution >= 0.6 is 22.9 Å². The van der Waals surface area contributed by atoms with Crippen molar-refractivity contribution < 1.29 is 14.3 Å². The summed E-state index contributed by atoms with van der Waals surface area (Å²) in [5.41, 5.74) is 1.75. The van der Waals surface area contributed by atoms with Gasteiger partial charge in [-0.25, -0.2) is 14.2 Å². The maximum atomic E-state index is 12.8. The number of nitrogens with zero attached hydrogens (tertiary/aromatic N) is 1. The lowest BCUT2D eigenvalue weighted by Crippen LogP contribution is -2.01. The minimum absolute atomic E-state index is 0.0876. The quantitative estimate of drug-likeness (QED) is 0.899. The Morgan fingerprint density at radius 3 is 2.94 bits per heavy atom. The molecule has 2 aromatic rings. The molecule has 0 spiro atoms. The van der Waals surface area contributed by atoms with Crippen molar-refractivity contribution in [3.8, 4) is 0 Å². The van der Waals surface area contributed by atoms with Crippen molar-refractivity contribution in [3.05, 3.63) is 40.2 Å². The Morgan fingerprint density at radius 2 is 2.29 bits per heavy atom. The fourth-order valence-corrected chi connectivity index (χ4v) is 2.10. The molecule has 1 aromatic heterocycles. The molecule has 2 N–H and O–H groups in total. The first kappa shape index (κ1) is 11.8. The van der Waals surface area contributed by atoms with Gasteiger partial charge in [0.15, 0.2) is 5.69 Å². The summed E-state index contributed by atoms with van der Waals surface area (Å²) in [6.07, 6.45) is 0. The molecule has 0 radical (unpaired) electrons. The van der Waals surface area contributed by atoms with E-state index >= 15 is 0 Å². The minimum atomic E-state index is -1.13. The summed E-state index contributed by atoms with van der Waals surface area (Å²) in [5.74, 6) is -1.59. The molecule has 0 fully saturated rings. The molecule has 17 heavy (non-hydrogen) atoms. The second-order valence-electron chi connectivity index (χ2n) is 3.08. The summed E-state index contributed by atoms with van der Waals surface area (Å²) < 4.78 is 12.8. The lowest BCUT2D eigenvalue weighted by atomic mass is 10.3. The first-order valence-corrected chi connectivity index (χ1v) is 5.72. The summed E-state index contributed by atoms with van der Waals surface area (Å²) in [5, 5.41) is 12.2. The third kappa shape index (κ3) is 2.54. The standard InChI is InChI=1S/C10H6ClFN2O2S/c11-6-3-5(12)1-2-7(6)14-9-8(10(15)16)13-4-17-9/h1-4,14H,(H,15,16). The zero-order valence-electron chi connectivity index (χ0n) is 8.28. The van der Waals surface area contributed by atoms with Gasteiger partial charge in [0.05, 0.1) is 16.2 Å². The lowest BCUT2D eigenvalue weighted by molar-refractivity contribution is 0.0692. The topological polar surface area (TPSA) is 62.2 Å². The molecule has 88 valence electrons. The molecule has 0 atom stereocenters. The highest BCUT2D eigenvalue weighted by molar-refractivity contribution is 7.14. The van der Waals surface area contributed by atoms with E-state index in [9.17, 15) is 9.18 Å². The SMILES string of the molecule is O=C(O)c1ncsc1Nc1ccc(F)cc1Cl. The Morgan fingerprint density at radius 1 is 1.53 bits per heavy atom. The first-order chi connectivity index (χ1) is 8.08. The third-order valence-electron chi connectivity index (χ3n) is 1.95. The van der Waals surface area contributed by atoms with Gasteiger partial charge in [-0.3, -0.25) is 0 Å². The largest absolute Gasteiger partial charge is 0.476 e. The zero-order valence-corrected chi connectivity index (χ0v) is 9.85. The first-order valence-electron chi connectivity index (χ1n) is 4.47. The van der Waals surface area contributed by atoms with E-state index in [1.54, 1.807) is 0 Å². The van der Waals surface area contributed by atoms with Gasteiger partial charge in [-0.15, -0.1) is 11.3 Å². The number of thiazole rings is 1. The van der Waals surface area contributed by atoms with Gasteiger partial charge in [-0.2, -0.15) is 0 Å². The van der Waals surface area contributed by atoms with Crippen molar-refractivity contribution in [1.82, 2.24) is 4.98 Å². The average Bonchev–Trinajstić information content (AvgIpc) is 2.70. The highest BCUT2D eigenvalue weighted by Crippen LogP contribution is 2.29. The number of carboxylic acids is 1. The normalized spacial score (nSPS) is 10.2. The molecular formula is C10H6ClFN2O2S. The average molecular weight is 273 g/mol. The number of carboxylic acid groups (broad SMARTS) is 1. The van der Waals surface area contributed by atoms with Gasteiger partial charge >= 0.3 is 5.97 Å². The van der Waals surface area contributed by atoms with Crippen LogP contribution in [0.5, 0.6) is 0 Å². The maximum absolute atomic E-state index is 12.8. The lowest BCUT2D eigenvalue weighted by Gasteiger charge is -2.06. The van der Waals surface area contributed by atoms with Gasteiger partial charge in [0.25, 0.3) is 0 Å². The van der Waals surface area contributed by atoms with E-state index in [2.05, 4.69) is 10.3 Å². The number of benzene rings is 1. The maximum Gasteiger partial charge on any atom is 0.357 e. The molecule has 2 rings (SSSR count). The van der Waals surface area contributed by atoms with Gasteiger partial charge in [-0.1, -0.05) is 11.6 Å². The van der Waals surface area contributed by atoms with Gasteiger partial charge in [0.2, 0.25) is 0 Å². The molecule has 4 nitrogen and oxygen atoms in total. The molecule has 0 aliphatic heterocycles. The summed E-state index contributed by atoms with van der Waals surface area (Å²) >= 11 is 6.94. The molecule has 0 amide bonds. The number of carbonyl (C=O) groups is 1. The molecule has 0 aliphatic carbocycles. The zero-order chi connectivity index (χ0) is 12.4. The molecule has 1 aromatic carbocycles. The van der Waals surface area contributed by atoms with Gasteiger partial charge in [0.1, 0.15) is 10.8 Å². The Bertz CT molecular complexity index is 573. The predicted octanol–water partition coefficient (Wildman–Crippen LogP) is 3.38. The molecule has 0 bridgehead atoms. The Hall–Kier alpha value is -1.66. The van der Waals surface area contributed by atoms with Crippen LogP contribution in [-0.4, -0.2) is 16.1 Å². The number of hydrogen-bond donors (Lipinski definition) is 2. The van der Waals surface area contributed by atoms with Crippen molar-refractivity contribution in [2.24, 2.45) is 0 Å². The van der Waals surface area contributed by atoms with Crippen molar-refractivity contribution >= 4 is 39.6 Å². The smallest absolute Gasteiger partial charge is 0.357 e. The second-order valence-corrected chi connectivity index (χ2v) is 4.35. The van der Waals surface area contributed by atoms with Crippen molar-refractivity contribution in [1.29, 1.82) is 0 Å². The highest BCUT2D eigenvalue weighted by Gasteiger charge is 2.14. The summed E-state index contributed by atoms with van der Waals surface area (Å²) in [6.45, 7) is 0. The van der Waals surface area contributed by atoms with Crippen LogP contribution in [0.25, 0.3) is 0 Å². The van der Waals surface area contributed by atoms with E-state index in [1.807, 2.05) is 0 Å². The monoisotopic (exact) mass is 272 g/mol. The van der Waals surface area contributed by atoms with Crippen LogP contribution in [-0.2, 0) is 0 Å². The molecule has 0 saturated carbocycles. The number of aromatic nitrogens is 1. The van der Waals surface area contributed by atoms with Crippen LogP contribution in [0.2, 0.25) is 5.02 Å². The minimum Gasteiger partial charge on any atom is -0.476 e.